The first-order valence-electron chi connectivity index (χ1n) is 42.3. The molecule has 19 heteroatoms. The molecule has 0 aliphatic carbocycles. The van der Waals surface area contributed by atoms with Gasteiger partial charge in [-0.05, 0) is 25.7 Å². The number of phosphoric ester groups is 2. The number of carbonyl (C=O) groups excluding carboxylic acids is 4. The van der Waals surface area contributed by atoms with Gasteiger partial charge in [0.15, 0.2) is 12.2 Å². The van der Waals surface area contributed by atoms with Crippen LogP contribution >= 0.6 is 15.6 Å². The molecule has 0 aromatic heterocycles. The van der Waals surface area contributed by atoms with Crippen LogP contribution in [0, 0.1) is 0 Å². The van der Waals surface area contributed by atoms with Crippen molar-refractivity contribution in [1.82, 2.24) is 0 Å². The van der Waals surface area contributed by atoms with Crippen molar-refractivity contribution in [3.63, 3.8) is 0 Å². The van der Waals surface area contributed by atoms with Crippen molar-refractivity contribution < 1.29 is 80.2 Å². The maximum absolute atomic E-state index is 13.1. The van der Waals surface area contributed by atoms with Crippen molar-refractivity contribution in [1.29, 1.82) is 0 Å². The van der Waals surface area contributed by atoms with E-state index in [9.17, 15) is 43.2 Å². The maximum Gasteiger partial charge on any atom is 0.472 e. The fraction of sp³-hybridized carbons (Fsp3) is 0.951. The molecule has 100 heavy (non-hydrogen) atoms. The predicted molar refractivity (Wildman–Crippen MR) is 409 cm³/mol. The molecule has 2 unspecified atom stereocenters. The van der Waals surface area contributed by atoms with Crippen LogP contribution in [-0.2, 0) is 65.4 Å². The molecule has 0 bridgehead atoms. The first kappa shape index (κ1) is 98.1. The van der Waals surface area contributed by atoms with Gasteiger partial charge in [0.25, 0.3) is 0 Å². The van der Waals surface area contributed by atoms with Crippen molar-refractivity contribution in [3.8, 4) is 0 Å². The van der Waals surface area contributed by atoms with Crippen molar-refractivity contribution in [2.24, 2.45) is 0 Å². The van der Waals surface area contributed by atoms with Gasteiger partial charge in [-0.2, -0.15) is 0 Å². The zero-order chi connectivity index (χ0) is 73.2. The summed E-state index contributed by atoms with van der Waals surface area (Å²) in [5.74, 6) is -2.10. The molecule has 0 aromatic carbocycles. The number of ether oxygens (including phenoxy) is 4. The summed E-state index contributed by atoms with van der Waals surface area (Å²) in [5.41, 5.74) is 0. The first-order valence-corrected chi connectivity index (χ1v) is 45.3. The van der Waals surface area contributed by atoms with Crippen LogP contribution in [-0.4, -0.2) is 96.7 Å². The van der Waals surface area contributed by atoms with E-state index in [1.165, 1.54) is 270 Å². The Morgan fingerprint density at radius 2 is 0.400 bits per heavy atom. The van der Waals surface area contributed by atoms with E-state index in [-0.39, 0.29) is 25.7 Å². The lowest BCUT2D eigenvalue weighted by atomic mass is 10.0. The van der Waals surface area contributed by atoms with E-state index < -0.39 is 97.5 Å². The minimum Gasteiger partial charge on any atom is -0.462 e. The van der Waals surface area contributed by atoms with Gasteiger partial charge in [-0.1, -0.05) is 387 Å². The summed E-state index contributed by atoms with van der Waals surface area (Å²) in [6, 6.07) is 0. The Morgan fingerprint density at radius 3 is 0.590 bits per heavy atom. The summed E-state index contributed by atoms with van der Waals surface area (Å²) >= 11 is 0. The lowest BCUT2D eigenvalue weighted by Crippen LogP contribution is -2.30. The zero-order valence-corrected chi connectivity index (χ0v) is 67.0. The number of hydrogen-bond acceptors (Lipinski definition) is 15. The molecule has 0 saturated heterocycles. The molecule has 0 rings (SSSR count). The van der Waals surface area contributed by atoms with Gasteiger partial charge in [-0.15, -0.1) is 0 Å². The minimum absolute atomic E-state index is 0.108. The van der Waals surface area contributed by atoms with Crippen molar-refractivity contribution in [2.45, 2.75) is 457 Å². The van der Waals surface area contributed by atoms with E-state index in [4.69, 9.17) is 37.0 Å². The largest absolute Gasteiger partial charge is 0.472 e. The number of unbranched alkanes of at least 4 members (excludes halogenated alkanes) is 56. The van der Waals surface area contributed by atoms with E-state index in [1.54, 1.807) is 0 Å². The Bertz CT molecular complexity index is 1890. The molecular formula is C81H158O17P2. The lowest BCUT2D eigenvalue weighted by Gasteiger charge is -2.21. The van der Waals surface area contributed by atoms with Crippen LogP contribution in [0.3, 0.4) is 0 Å². The first-order chi connectivity index (χ1) is 48.7. The van der Waals surface area contributed by atoms with Gasteiger partial charge in [0.05, 0.1) is 26.4 Å². The van der Waals surface area contributed by atoms with Crippen LogP contribution in [0.2, 0.25) is 0 Å². The van der Waals surface area contributed by atoms with Crippen LogP contribution in [0.1, 0.15) is 439 Å². The second kappa shape index (κ2) is 75.3. The quantitative estimate of drug-likeness (QED) is 0.0222. The van der Waals surface area contributed by atoms with Crippen molar-refractivity contribution in [2.75, 3.05) is 39.6 Å². The predicted octanol–water partition coefficient (Wildman–Crippen LogP) is 24.6. The molecule has 5 atom stereocenters. The molecule has 0 aliphatic rings. The van der Waals surface area contributed by atoms with Crippen molar-refractivity contribution >= 4 is 39.5 Å². The van der Waals surface area contributed by atoms with Gasteiger partial charge in [0.2, 0.25) is 0 Å². The summed E-state index contributed by atoms with van der Waals surface area (Å²) < 4.78 is 68.7. The number of rotatable bonds is 82. The molecule has 0 amide bonds. The highest BCUT2D eigenvalue weighted by molar-refractivity contribution is 7.47. The fourth-order valence-corrected chi connectivity index (χ4v) is 14.2. The topological polar surface area (TPSA) is 237 Å². The van der Waals surface area contributed by atoms with Gasteiger partial charge in [0, 0.05) is 25.7 Å². The highest BCUT2D eigenvalue weighted by Gasteiger charge is 2.30. The van der Waals surface area contributed by atoms with Gasteiger partial charge in [-0.3, -0.25) is 37.3 Å². The average Bonchev–Trinajstić information content (AvgIpc) is 0.930. The third-order valence-corrected chi connectivity index (χ3v) is 21.0. The third kappa shape index (κ3) is 74.3. The van der Waals surface area contributed by atoms with Gasteiger partial charge >= 0.3 is 39.5 Å². The molecule has 0 saturated carbocycles. The number of phosphoric acid groups is 2. The van der Waals surface area contributed by atoms with E-state index in [1.807, 2.05) is 0 Å². The van der Waals surface area contributed by atoms with Crippen LogP contribution in [0.5, 0.6) is 0 Å². The Morgan fingerprint density at radius 1 is 0.240 bits per heavy atom. The molecule has 0 spiro atoms. The SMILES string of the molecule is CCCCCCCCCCCCCCCCCCCCCCCCC(=O)O[C@H](COC(=O)CCCCCCCCCCCCCCCCC)COP(=O)(O)OC[C@@H](O)COP(=O)(O)OC[C@@H](COC(=O)CCCCCCCCCCCCC)OC(=O)CCCCCCCCCCCCCC. The summed E-state index contributed by atoms with van der Waals surface area (Å²) in [6.07, 6.45) is 68.0. The van der Waals surface area contributed by atoms with E-state index >= 15 is 0 Å². The summed E-state index contributed by atoms with van der Waals surface area (Å²) in [7, 11) is -9.91. The van der Waals surface area contributed by atoms with E-state index in [2.05, 4.69) is 27.7 Å². The maximum atomic E-state index is 13.1. The van der Waals surface area contributed by atoms with Crippen LogP contribution in [0.4, 0.5) is 0 Å². The number of esters is 4. The molecule has 3 N–H and O–H groups in total. The Labute approximate surface area is 613 Å². The van der Waals surface area contributed by atoms with Crippen molar-refractivity contribution in [3.05, 3.63) is 0 Å². The normalized spacial score (nSPS) is 13.8. The lowest BCUT2D eigenvalue weighted by molar-refractivity contribution is -0.161. The minimum atomic E-state index is -4.96. The summed E-state index contributed by atoms with van der Waals surface area (Å²) in [4.78, 5) is 73.0. The van der Waals surface area contributed by atoms with E-state index in [0.717, 1.165) is 89.9 Å². The fourth-order valence-electron chi connectivity index (χ4n) is 12.6. The molecule has 0 aromatic rings. The second-order valence-corrected chi connectivity index (χ2v) is 32.1. The number of carbonyl (C=O) groups is 4. The van der Waals surface area contributed by atoms with Gasteiger partial charge in [-0.25, -0.2) is 9.13 Å². The van der Waals surface area contributed by atoms with E-state index in [0.29, 0.717) is 25.7 Å². The van der Waals surface area contributed by atoms with Crippen LogP contribution in [0.25, 0.3) is 0 Å². The molecule has 594 valence electrons. The third-order valence-electron chi connectivity index (χ3n) is 19.1. The Balaban J connectivity index is 5.20. The summed E-state index contributed by atoms with van der Waals surface area (Å²) in [5, 5.41) is 10.6. The highest BCUT2D eigenvalue weighted by atomic mass is 31.2. The Kier molecular flexibility index (Phi) is 73.8. The Hall–Kier alpha value is -1.94. The average molecular weight is 1470 g/mol. The van der Waals surface area contributed by atoms with Crippen LogP contribution < -0.4 is 0 Å². The summed E-state index contributed by atoms with van der Waals surface area (Å²) in [6.45, 7) is 5.02. The number of aliphatic hydroxyl groups excluding tert-OH is 1. The monoisotopic (exact) mass is 1470 g/mol. The standard InChI is InChI=1S/C81H158O17P2/c1-5-9-13-17-21-25-29-32-34-35-36-37-38-39-40-42-44-48-52-56-60-64-68-81(86)98-77(72-92-79(84)66-62-58-54-50-47-43-41-33-30-26-22-18-14-10-6-2)74-96-100(89,90)94-70-75(82)69-93-99(87,88)95-73-76(71-91-78(83)65-61-57-53-49-45-28-24-20-16-12-8-4)97-80(85)67-63-59-55-51-46-31-27-23-19-15-11-7-3/h75-77,82H,5-74H2,1-4H3,(H,87,88)(H,89,90)/t75-,76+,77+/m0/s1. The molecule has 0 fully saturated rings. The smallest absolute Gasteiger partial charge is 0.462 e. The number of aliphatic hydroxyl groups is 1. The molecular weight excluding hydrogens is 1310 g/mol. The number of hydrogen-bond donors (Lipinski definition) is 3. The highest BCUT2D eigenvalue weighted by Crippen LogP contribution is 2.45. The van der Waals surface area contributed by atoms with Gasteiger partial charge < -0.3 is 33.8 Å². The molecule has 0 radical (unpaired) electrons. The molecule has 0 aliphatic heterocycles. The van der Waals surface area contributed by atoms with Gasteiger partial charge in [0.1, 0.15) is 19.3 Å². The molecule has 0 heterocycles. The second-order valence-electron chi connectivity index (χ2n) is 29.2. The zero-order valence-electron chi connectivity index (χ0n) is 65.2. The molecule has 17 nitrogen and oxygen atoms in total. The van der Waals surface area contributed by atoms with Crippen LogP contribution in [0.15, 0.2) is 0 Å².